The second-order valence-electron chi connectivity index (χ2n) is 9.95. The highest BCUT2D eigenvalue weighted by molar-refractivity contribution is 5.99. The van der Waals surface area contributed by atoms with Gasteiger partial charge in [-0.2, -0.15) is 0 Å². The molecule has 2 fully saturated rings. The summed E-state index contributed by atoms with van der Waals surface area (Å²) < 4.78 is 5.47. The number of nitrogens with one attached hydrogen (secondary N) is 2. The normalized spacial score (nSPS) is 21.6. The van der Waals surface area contributed by atoms with E-state index in [1.54, 1.807) is 13.1 Å². The van der Waals surface area contributed by atoms with Gasteiger partial charge in [0.25, 0.3) is 11.8 Å². The average Bonchev–Trinajstić information content (AvgIpc) is 3.83. The van der Waals surface area contributed by atoms with Crippen LogP contribution in [0.3, 0.4) is 0 Å². The van der Waals surface area contributed by atoms with Gasteiger partial charge in [0.05, 0.1) is 0 Å². The maximum atomic E-state index is 13.4. The van der Waals surface area contributed by atoms with Crippen molar-refractivity contribution in [3.63, 3.8) is 0 Å². The first-order valence-corrected chi connectivity index (χ1v) is 12.5. The Kier molecular flexibility index (Phi) is 5.55. The average molecular weight is 481 g/mol. The third-order valence-electron chi connectivity index (χ3n) is 7.46. The Labute approximate surface area is 209 Å². The molecular weight excluding hydrogens is 452 g/mol. The molecule has 3 aliphatic rings. The number of pyridine rings is 1. The Morgan fingerprint density at radius 3 is 2.72 bits per heavy atom. The van der Waals surface area contributed by atoms with Crippen molar-refractivity contribution in [1.82, 2.24) is 20.8 Å². The summed E-state index contributed by atoms with van der Waals surface area (Å²) in [4.78, 5) is 30.7. The van der Waals surface area contributed by atoms with E-state index in [-0.39, 0.29) is 17.2 Å². The number of carbonyl (C=O) groups is 2. The van der Waals surface area contributed by atoms with E-state index in [1.807, 2.05) is 48.6 Å². The molecule has 7 nitrogen and oxygen atoms in total. The van der Waals surface area contributed by atoms with E-state index < -0.39 is 0 Å². The van der Waals surface area contributed by atoms with Gasteiger partial charge in [-0.25, -0.2) is 0 Å². The van der Waals surface area contributed by atoms with Crippen LogP contribution in [-0.4, -0.2) is 28.5 Å². The van der Waals surface area contributed by atoms with Crippen molar-refractivity contribution >= 4 is 11.8 Å². The molecule has 3 aromatic rings. The molecule has 36 heavy (non-hydrogen) atoms. The molecule has 1 aromatic carbocycles. The number of hydrogen-bond acceptors (Lipinski definition) is 5. The molecule has 0 radical (unpaired) electrons. The Balaban J connectivity index is 1.23. The van der Waals surface area contributed by atoms with Crippen LogP contribution in [-0.2, 0) is 12.0 Å². The first kappa shape index (κ1) is 22.5. The minimum Gasteiger partial charge on any atom is -0.361 e. The van der Waals surface area contributed by atoms with Gasteiger partial charge in [0.2, 0.25) is 0 Å². The zero-order valence-corrected chi connectivity index (χ0v) is 20.2. The van der Waals surface area contributed by atoms with Gasteiger partial charge < -0.3 is 15.2 Å². The van der Waals surface area contributed by atoms with Crippen molar-refractivity contribution in [2.75, 3.05) is 6.54 Å². The van der Waals surface area contributed by atoms with Gasteiger partial charge in [-0.05, 0) is 55.2 Å². The number of amides is 2. The summed E-state index contributed by atoms with van der Waals surface area (Å²) in [6.07, 6.45) is 13.2. The zero-order valence-electron chi connectivity index (χ0n) is 20.2. The summed E-state index contributed by atoms with van der Waals surface area (Å²) in [5.74, 6) is 1.07. The van der Waals surface area contributed by atoms with E-state index in [0.29, 0.717) is 47.6 Å². The highest BCUT2D eigenvalue weighted by Gasteiger charge is 2.56. The molecule has 0 spiro atoms. The maximum absolute atomic E-state index is 13.4. The van der Waals surface area contributed by atoms with Crippen molar-refractivity contribution in [1.29, 1.82) is 0 Å². The van der Waals surface area contributed by atoms with Crippen LogP contribution in [0.15, 0.2) is 71.4 Å². The third-order valence-corrected chi connectivity index (χ3v) is 7.46. The van der Waals surface area contributed by atoms with Crippen LogP contribution >= 0.6 is 0 Å². The van der Waals surface area contributed by atoms with Gasteiger partial charge in [-0.1, -0.05) is 59.8 Å². The van der Waals surface area contributed by atoms with Crippen LogP contribution in [0.4, 0.5) is 0 Å². The Bertz CT molecular complexity index is 1400. The smallest absolute Gasteiger partial charge is 0.270 e. The number of nitrogens with zero attached hydrogens (tertiary/aromatic N) is 2. The van der Waals surface area contributed by atoms with Gasteiger partial charge in [0, 0.05) is 30.3 Å². The number of fused-ring (bicyclic) bond motifs is 1. The number of rotatable bonds is 8. The fourth-order valence-electron chi connectivity index (χ4n) is 5.12. The molecule has 0 bridgehead atoms. The predicted molar refractivity (Wildman–Crippen MR) is 135 cm³/mol. The molecule has 2 amide bonds. The fourth-order valence-corrected chi connectivity index (χ4v) is 5.12. The molecule has 2 aromatic heterocycles. The number of benzene rings is 1. The topological polar surface area (TPSA) is 97.1 Å². The quantitative estimate of drug-likeness (QED) is 0.495. The van der Waals surface area contributed by atoms with E-state index in [1.165, 1.54) is 12.8 Å². The first-order valence-electron chi connectivity index (χ1n) is 12.5. The van der Waals surface area contributed by atoms with Crippen LogP contribution < -0.4 is 10.6 Å². The Morgan fingerprint density at radius 1 is 1.06 bits per heavy atom. The number of allylic oxidation sites excluding steroid dienone is 4. The van der Waals surface area contributed by atoms with Crippen molar-refractivity contribution in [3.05, 3.63) is 95.2 Å². The van der Waals surface area contributed by atoms with Crippen molar-refractivity contribution < 1.29 is 14.1 Å². The van der Waals surface area contributed by atoms with Gasteiger partial charge >= 0.3 is 0 Å². The Hall–Kier alpha value is -4.00. The largest absolute Gasteiger partial charge is 0.361 e. The van der Waals surface area contributed by atoms with E-state index >= 15 is 0 Å². The van der Waals surface area contributed by atoms with Crippen LogP contribution in [0.2, 0.25) is 0 Å². The lowest BCUT2D eigenvalue weighted by Crippen LogP contribution is -2.27. The second-order valence-corrected chi connectivity index (χ2v) is 9.95. The van der Waals surface area contributed by atoms with E-state index in [4.69, 9.17) is 4.52 Å². The lowest BCUT2D eigenvalue weighted by Gasteiger charge is -2.15. The molecule has 2 heterocycles. The lowest BCUT2D eigenvalue weighted by atomic mass is 9.91. The van der Waals surface area contributed by atoms with E-state index in [9.17, 15) is 9.59 Å². The van der Waals surface area contributed by atoms with Gasteiger partial charge in [0.1, 0.15) is 22.7 Å². The molecule has 6 rings (SSSR count). The van der Waals surface area contributed by atoms with Crippen LogP contribution in [0, 0.1) is 18.8 Å². The van der Waals surface area contributed by atoms with Crippen LogP contribution in [0.1, 0.15) is 57.1 Å². The monoisotopic (exact) mass is 480 g/mol. The number of aryl methyl sites for hydroxylation is 1. The van der Waals surface area contributed by atoms with E-state index in [2.05, 4.69) is 32.9 Å². The summed E-state index contributed by atoms with van der Waals surface area (Å²) in [7, 11) is 0. The van der Waals surface area contributed by atoms with Crippen LogP contribution in [0.5, 0.6) is 0 Å². The maximum Gasteiger partial charge on any atom is 0.270 e. The number of carbonyl (C=O) groups excluding carboxylic acids is 2. The number of aromatic nitrogens is 2. The molecule has 2 unspecified atom stereocenters. The standard InChI is InChI=1S/C29H28N4O3/c1-18-24(26(33-36-18)29-13-5-4-8-21(29)15-29)27(34)32-17-20-7-2-3-9-22(20)23-10-6-14-30-25(23)28(35)31-16-19-11-12-19/h2-10,13-14,19,21H,11-12,15-17H2,1H3,(H,31,35)(H,32,34). The third kappa shape index (κ3) is 4.04. The first-order chi connectivity index (χ1) is 17.6. The molecule has 182 valence electrons. The minimum absolute atomic E-state index is 0.172. The predicted octanol–water partition coefficient (Wildman–Crippen LogP) is 4.50. The summed E-state index contributed by atoms with van der Waals surface area (Å²) in [6.45, 7) is 2.75. The molecule has 7 heteroatoms. The fraction of sp³-hybridized carbons (Fsp3) is 0.310. The minimum atomic E-state index is -0.241. The summed E-state index contributed by atoms with van der Waals surface area (Å²) in [6, 6.07) is 11.5. The van der Waals surface area contributed by atoms with Gasteiger partial charge in [-0.15, -0.1) is 0 Å². The molecule has 3 aliphatic carbocycles. The Morgan fingerprint density at radius 2 is 1.89 bits per heavy atom. The zero-order chi connectivity index (χ0) is 24.7. The molecular formula is C29H28N4O3. The lowest BCUT2D eigenvalue weighted by molar-refractivity contribution is 0.0939. The van der Waals surface area contributed by atoms with Gasteiger partial charge in [0.15, 0.2) is 0 Å². The highest BCUT2D eigenvalue weighted by atomic mass is 16.5. The van der Waals surface area contributed by atoms with Crippen molar-refractivity contribution in [2.45, 2.75) is 38.1 Å². The highest BCUT2D eigenvalue weighted by Crippen LogP contribution is 2.58. The molecule has 0 aliphatic heterocycles. The van der Waals surface area contributed by atoms with Crippen LogP contribution in [0.25, 0.3) is 11.1 Å². The van der Waals surface area contributed by atoms with E-state index in [0.717, 1.165) is 23.1 Å². The SMILES string of the molecule is Cc1onc(C23C=CC=CC2C3)c1C(=O)NCc1ccccc1-c1cccnc1C(=O)NCC1CC1. The summed E-state index contributed by atoms with van der Waals surface area (Å²) in [5.41, 5.74) is 3.88. The molecule has 0 saturated heterocycles. The van der Waals surface area contributed by atoms with Crippen molar-refractivity contribution in [2.24, 2.45) is 11.8 Å². The number of hydrogen-bond donors (Lipinski definition) is 2. The van der Waals surface area contributed by atoms with Gasteiger partial charge in [-0.3, -0.25) is 14.6 Å². The van der Waals surface area contributed by atoms with Crippen molar-refractivity contribution in [3.8, 4) is 11.1 Å². The summed E-state index contributed by atoms with van der Waals surface area (Å²) >= 11 is 0. The summed E-state index contributed by atoms with van der Waals surface area (Å²) in [5, 5.41) is 10.4. The molecule has 2 N–H and O–H groups in total. The molecule has 2 atom stereocenters. The molecule has 2 saturated carbocycles. The second kappa shape index (κ2) is 8.90.